The van der Waals surface area contributed by atoms with Gasteiger partial charge in [0.15, 0.2) is 0 Å². The van der Waals surface area contributed by atoms with Crippen LogP contribution in [0.2, 0.25) is 0 Å². The molecular weight excluding hydrogens is 274 g/mol. The van der Waals surface area contributed by atoms with Gasteiger partial charge in [0.25, 0.3) is 0 Å². The first-order valence-electron chi connectivity index (χ1n) is 9.00. The SMILES string of the molecule is CCCCCCCc1cnnn1C[C@](O)(CC)C(C)(C)CC. The van der Waals surface area contributed by atoms with E-state index in [1.54, 1.807) is 0 Å². The van der Waals surface area contributed by atoms with Crippen LogP contribution in [0.25, 0.3) is 0 Å². The fraction of sp³-hybridized carbons (Fsp3) is 0.889. The monoisotopic (exact) mass is 309 g/mol. The van der Waals surface area contributed by atoms with Crippen LogP contribution in [0, 0.1) is 5.41 Å². The average Bonchev–Trinajstić information content (AvgIpc) is 2.93. The van der Waals surface area contributed by atoms with Crippen molar-refractivity contribution in [3.63, 3.8) is 0 Å². The number of aromatic nitrogens is 3. The van der Waals surface area contributed by atoms with Crippen molar-refractivity contribution in [1.82, 2.24) is 15.0 Å². The molecular formula is C18H35N3O. The lowest BCUT2D eigenvalue weighted by Crippen LogP contribution is -2.47. The van der Waals surface area contributed by atoms with Crippen molar-refractivity contribution in [2.24, 2.45) is 5.41 Å². The Labute approximate surface area is 136 Å². The molecule has 22 heavy (non-hydrogen) atoms. The molecule has 0 bridgehead atoms. The van der Waals surface area contributed by atoms with E-state index >= 15 is 0 Å². The molecule has 1 heterocycles. The first kappa shape index (κ1) is 19.1. The van der Waals surface area contributed by atoms with Crippen LogP contribution < -0.4 is 0 Å². The summed E-state index contributed by atoms with van der Waals surface area (Å²) in [6.45, 7) is 11.2. The molecule has 0 fully saturated rings. The molecule has 0 saturated carbocycles. The molecule has 1 rings (SSSR count). The van der Waals surface area contributed by atoms with E-state index in [9.17, 15) is 5.11 Å². The van der Waals surface area contributed by atoms with Crippen molar-refractivity contribution < 1.29 is 5.11 Å². The van der Waals surface area contributed by atoms with Gasteiger partial charge in [-0.2, -0.15) is 0 Å². The number of nitrogens with zero attached hydrogens (tertiary/aromatic N) is 3. The fourth-order valence-corrected chi connectivity index (χ4v) is 2.90. The van der Waals surface area contributed by atoms with E-state index in [1.807, 2.05) is 10.9 Å². The Morgan fingerprint density at radius 1 is 1.05 bits per heavy atom. The normalized spacial score (nSPS) is 15.0. The lowest BCUT2D eigenvalue weighted by atomic mass is 9.71. The summed E-state index contributed by atoms with van der Waals surface area (Å²) in [6, 6.07) is 0. The highest BCUT2D eigenvalue weighted by atomic mass is 16.3. The van der Waals surface area contributed by atoms with Gasteiger partial charge >= 0.3 is 0 Å². The largest absolute Gasteiger partial charge is 0.387 e. The van der Waals surface area contributed by atoms with Gasteiger partial charge in [0.2, 0.25) is 0 Å². The number of aryl methyl sites for hydroxylation is 1. The van der Waals surface area contributed by atoms with E-state index in [1.165, 1.54) is 32.1 Å². The topological polar surface area (TPSA) is 50.9 Å². The second-order valence-corrected chi connectivity index (χ2v) is 7.17. The maximum atomic E-state index is 11.1. The molecule has 0 radical (unpaired) electrons. The molecule has 0 aromatic carbocycles. The minimum atomic E-state index is -0.744. The Hall–Kier alpha value is -0.900. The average molecular weight is 309 g/mol. The molecule has 0 aliphatic rings. The molecule has 0 spiro atoms. The lowest BCUT2D eigenvalue weighted by molar-refractivity contribution is -0.0875. The second-order valence-electron chi connectivity index (χ2n) is 7.17. The van der Waals surface area contributed by atoms with Gasteiger partial charge in [0, 0.05) is 0 Å². The van der Waals surface area contributed by atoms with Gasteiger partial charge in [-0.1, -0.05) is 65.5 Å². The summed E-state index contributed by atoms with van der Waals surface area (Å²) in [6.07, 6.45) is 10.9. The van der Waals surface area contributed by atoms with Gasteiger partial charge in [-0.3, -0.25) is 0 Å². The summed E-state index contributed by atoms with van der Waals surface area (Å²) < 4.78 is 1.92. The third-order valence-corrected chi connectivity index (χ3v) is 5.37. The minimum Gasteiger partial charge on any atom is -0.387 e. The third kappa shape index (κ3) is 4.80. The van der Waals surface area contributed by atoms with Gasteiger partial charge in [0.05, 0.1) is 24.0 Å². The summed E-state index contributed by atoms with van der Waals surface area (Å²) in [4.78, 5) is 0. The van der Waals surface area contributed by atoms with Gasteiger partial charge in [-0.25, -0.2) is 4.68 Å². The van der Waals surface area contributed by atoms with E-state index < -0.39 is 5.60 Å². The molecule has 0 saturated heterocycles. The van der Waals surface area contributed by atoms with Crippen molar-refractivity contribution in [1.29, 1.82) is 0 Å². The minimum absolute atomic E-state index is 0.133. The Morgan fingerprint density at radius 3 is 2.32 bits per heavy atom. The molecule has 0 unspecified atom stereocenters. The first-order chi connectivity index (χ1) is 10.4. The Morgan fingerprint density at radius 2 is 1.73 bits per heavy atom. The Bertz CT molecular complexity index is 428. The quantitative estimate of drug-likeness (QED) is 0.618. The van der Waals surface area contributed by atoms with Crippen molar-refractivity contribution in [3.05, 3.63) is 11.9 Å². The summed E-state index contributed by atoms with van der Waals surface area (Å²) in [5, 5.41) is 19.4. The van der Waals surface area contributed by atoms with Crippen LogP contribution >= 0.6 is 0 Å². The third-order valence-electron chi connectivity index (χ3n) is 5.37. The van der Waals surface area contributed by atoms with Gasteiger partial charge in [-0.15, -0.1) is 5.10 Å². The Kier molecular flexibility index (Phi) is 7.54. The Balaban J connectivity index is 2.68. The van der Waals surface area contributed by atoms with Crippen LogP contribution in [0.4, 0.5) is 0 Å². The zero-order valence-electron chi connectivity index (χ0n) is 15.2. The molecule has 4 heteroatoms. The molecule has 1 aromatic heterocycles. The summed E-state index contributed by atoms with van der Waals surface area (Å²) in [5.74, 6) is 0. The highest BCUT2D eigenvalue weighted by Gasteiger charge is 2.41. The van der Waals surface area contributed by atoms with E-state index in [0.717, 1.165) is 25.0 Å². The first-order valence-corrected chi connectivity index (χ1v) is 9.00. The van der Waals surface area contributed by atoms with Crippen molar-refractivity contribution >= 4 is 0 Å². The van der Waals surface area contributed by atoms with Crippen molar-refractivity contribution in [2.45, 2.75) is 98.1 Å². The van der Waals surface area contributed by atoms with Crippen LogP contribution in [0.1, 0.15) is 85.3 Å². The van der Waals surface area contributed by atoms with Crippen LogP contribution in [-0.2, 0) is 13.0 Å². The zero-order valence-corrected chi connectivity index (χ0v) is 15.2. The van der Waals surface area contributed by atoms with Crippen LogP contribution in [-0.4, -0.2) is 25.7 Å². The van der Waals surface area contributed by atoms with Gasteiger partial charge < -0.3 is 5.11 Å². The van der Waals surface area contributed by atoms with Crippen molar-refractivity contribution in [2.75, 3.05) is 0 Å². The molecule has 1 atom stereocenters. The number of aliphatic hydroxyl groups is 1. The van der Waals surface area contributed by atoms with Gasteiger partial charge in [-0.05, 0) is 31.1 Å². The van der Waals surface area contributed by atoms with Crippen molar-refractivity contribution in [3.8, 4) is 0 Å². The second kappa shape index (κ2) is 8.66. The maximum absolute atomic E-state index is 11.1. The highest BCUT2D eigenvalue weighted by Crippen LogP contribution is 2.38. The molecule has 1 aromatic rings. The van der Waals surface area contributed by atoms with E-state index in [4.69, 9.17) is 0 Å². The molecule has 0 aliphatic heterocycles. The maximum Gasteiger partial charge on any atom is 0.0891 e. The predicted molar refractivity (Wildman–Crippen MR) is 91.8 cm³/mol. The fourth-order valence-electron chi connectivity index (χ4n) is 2.90. The summed E-state index contributed by atoms with van der Waals surface area (Å²) >= 11 is 0. The predicted octanol–water partition coefficient (Wildman–Crippen LogP) is 4.37. The number of hydrogen-bond acceptors (Lipinski definition) is 3. The van der Waals surface area contributed by atoms with E-state index in [0.29, 0.717) is 6.54 Å². The number of unbranched alkanes of at least 4 members (excludes halogenated alkanes) is 4. The summed E-state index contributed by atoms with van der Waals surface area (Å²) in [5.41, 5.74) is 0.272. The zero-order chi connectivity index (χ0) is 16.6. The van der Waals surface area contributed by atoms with E-state index in [2.05, 4.69) is 44.9 Å². The van der Waals surface area contributed by atoms with Gasteiger partial charge in [0.1, 0.15) is 0 Å². The molecule has 0 aliphatic carbocycles. The standard InChI is InChI=1S/C18H35N3O/c1-6-9-10-11-12-13-16-14-19-20-21(16)15-18(22,8-3)17(4,5)7-2/h14,22H,6-13,15H2,1-5H3/t18-/m1/s1. The molecule has 4 nitrogen and oxygen atoms in total. The molecule has 1 N–H and O–H groups in total. The number of rotatable bonds is 11. The van der Waals surface area contributed by atoms with Crippen LogP contribution in [0.5, 0.6) is 0 Å². The summed E-state index contributed by atoms with van der Waals surface area (Å²) in [7, 11) is 0. The molecule has 128 valence electrons. The highest BCUT2D eigenvalue weighted by molar-refractivity contribution is 4.98. The lowest BCUT2D eigenvalue weighted by Gasteiger charge is -2.42. The van der Waals surface area contributed by atoms with Crippen LogP contribution in [0.3, 0.4) is 0 Å². The smallest absolute Gasteiger partial charge is 0.0891 e. The molecule has 0 amide bonds. The number of hydrogen-bond donors (Lipinski definition) is 1. The van der Waals surface area contributed by atoms with Crippen LogP contribution in [0.15, 0.2) is 6.20 Å². The van der Waals surface area contributed by atoms with E-state index in [-0.39, 0.29) is 5.41 Å².